The molecule has 2 amide bonds. The third kappa shape index (κ3) is 5.63. The number of hydrogen-bond acceptors (Lipinski definition) is 4. The maximum Gasteiger partial charge on any atom is 0.319 e. The number of hydrogen-bond donors (Lipinski definition) is 2. The fourth-order valence-corrected chi connectivity index (χ4v) is 3.74. The first kappa shape index (κ1) is 21.9. The second-order valence-electron chi connectivity index (χ2n) is 7.41. The predicted octanol–water partition coefficient (Wildman–Crippen LogP) is 4.25. The van der Waals surface area contributed by atoms with E-state index in [0.717, 1.165) is 44.0 Å². The van der Waals surface area contributed by atoms with Crippen molar-refractivity contribution in [2.45, 2.75) is 26.8 Å². The third-order valence-electron chi connectivity index (χ3n) is 5.37. The van der Waals surface area contributed by atoms with Crippen molar-refractivity contribution in [3.8, 4) is 5.75 Å². The van der Waals surface area contributed by atoms with Crippen LogP contribution in [-0.2, 0) is 0 Å². The van der Waals surface area contributed by atoms with Crippen LogP contribution in [0.15, 0.2) is 42.5 Å². The SMILES string of the molecule is CCOc1cccc(NC(=O)NC(C)c2cc(F)ccc2N2CCN(CC)CC2)c1. The number of urea groups is 1. The Bertz CT molecular complexity index is 853. The number of nitrogens with one attached hydrogen (secondary N) is 2. The van der Waals surface area contributed by atoms with Gasteiger partial charge in [-0.3, -0.25) is 0 Å². The van der Waals surface area contributed by atoms with E-state index in [1.807, 2.05) is 32.0 Å². The molecule has 1 heterocycles. The number of nitrogens with zero attached hydrogens (tertiary/aromatic N) is 2. The van der Waals surface area contributed by atoms with Gasteiger partial charge in [-0.25, -0.2) is 9.18 Å². The van der Waals surface area contributed by atoms with Crippen LogP contribution in [-0.4, -0.2) is 50.3 Å². The minimum Gasteiger partial charge on any atom is -0.494 e. The van der Waals surface area contributed by atoms with Gasteiger partial charge in [0.1, 0.15) is 11.6 Å². The molecule has 3 rings (SSSR count). The highest BCUT2D eigenvalue weighted by atomic mass is 19.1. The Morgan fingerprint density at radius 3 is 2.60 bits per heavy atom. The average molecular weight is 415 g/mol. The lowest BCUT2D eigenvalue weighted by atomic mass is 10.0. The standard InChI is InChI=1S/C23H31FN4O2/c1-4-27-11-13-28(14-12-27)22-10-9-18(24)15-21(22)17(3)25-23(29)26-19-7-6-8-20(16-19)30-5-2/h6-10,15-17H,4-5,11-14H2,1-3H3,(H2,25,26,29). The predicted molar refractivity (Wildman–Crippen MR) is 119 cm³/mol. The number of piperazine rings is 1. The van der Waals surface area contributed by atoms with Gasteiger partial charge in [0.05, 0.1) is 12.6 Å². The highest BCUT2D eigenvalue weighted by Crippen LogP contribution is 2.28. The van der Waals surface area contributed by atoms with Crippen molar-refractivity contribution in [1.29, 1.82) is 0 Å². The first-order chi connectivity index (χ1) is 14.5. The van der Waals surface area contributed by atoms with E-state index in [-0.39, 0.29) is 17.9 Å². The van der Waals surface area contributed by atoms with Crippen LogP contribution in [0.1, 0.15) is 32.4 Å². The Morgan fingerprint density at radius 1 is 1.13 bits per heavy atom. The van der Waals surface area contributed by atoms with Gasteiger partial charge in [0.2, 0.25) is 0 Å². The minimum atomic E-state index is -0.352. The molecule has 1 fully saturated rings. The van der Waals surface area contributed by atoms with Crippen molar-refractivity contribution >= 4 is 17.4 Å². The smallest absolute Gasteiger partial charge is 0.319 e. The number of carbonyl (C=O) groups is 1. The van der Waals surface area contributed by atoms with E-state index in [9.17, 15) is 9.18 Å². The second kappa shape index (κ2) is 10.3. The van der Waals surface area contributed by atoms with E-state index < -0.39 is 0 Å². The molecular formula is C23H31FN4O2. The van der Waals surface area contributed by atoms with Gasteiger partial charge in [-0.2, -0.15) is 0 Å². The lowest BCUT2D eigenvalue weighted by Gasteiger charge is -2.37. The molecule has 0 bridgehead atoms. The zero-order chi connectivity index (χ0) is 21.5. The highest BCUT2D eigenvalue weighted by Gasteiger charge is 2.22. The second-order valence-corrected chi connectivity index (χ2v) is 7.41. The van der Waals surface area contributed by atoms with Crippen LogP contribution in [0.4, 0.5) is 20.6 Å². The molecule has 2 aromatic rings. The van der Waals surface area contributed by atoms with Crippen LogP contribution >= 0.6 is 0 Å². The van der Waals surface area contributed by atoms with Gasteiger partial charge in [0, 0.05) is 49.2 Å². The van der Waals surface area contributed by atoms with Gasteiger partial charge >= 0.3 is 6.03 Å². The zero-order valence-corrected chi connectivity index (χ0v) is 18.0. The summed E-state index contributed by atoms with van der Waals surface area (Å²) >= 11 is 0. The van der Waals surface area contributed by atoms with Crippen LogP contribution in [0.2, 0.25) is 0 Å². The maximum absolute atomic E-state index is 14.0. The summed E-state index contributed by atoms with van der Waals surface area (Å²) in [5.74, 6) is 0.390. The summed E-state index contributed by atoms with van der Waals surface area (Å²) in [5.41, 5.74) is 2.39. The van der Waals surface area contributed by atoms with Gasteiger partial charge in [-0.15, -0.1) is 0 Å². The Balaban J connectivity index is 1.68. The normalized spacial score (nSPS) is 15.5. The Hall–Kier alpha value is -2.80. The molecule has 0 spiro atoms. The summed E-state index contributed by atoms with van der Waals surface area (Å²) in [6.07, 6.45) is 0. The number of benzene rings is 2. The molecule has 0 radical (unpaired) electrons. The Labute approximate surface area is 178 Å². The molecule has 1 atom stereocenters. The molecule has 1 saturated heterocycles. The average Bonchev–Trinajstić information content (AvgIpc) is 2.74. The first-order valence-corrected chi connectivity index (χ1v) is 10.6. The molecule has 0 saturated carbocycles. The molecule has 0 aliphatic carbocycles. The zero-order valence-electron chi connectivity index (χ0n) is 18.0. The van der Waals surface area contributed by atoms with E-state index in [1.54, 1.807) is 12.1 Å². The third-order valence-corrected chi connectivity index (χ3v) is 5.37. The van der Waals surface area contributed by atoms with Crippen molar-refractivity contribution in [1.82, 2.24) is 10.2 Å². The number of likely N-dealkylation sites (N-methyl/N-ethyl adjacent to an activating group) is 1. The summed E-state index contributed by atoms with van der Waals surface area (Å²) < 4.78 is 19.5. The number of rotatable bonds is 7. The Kier molecular flexibility index (Phi) is 7.52. The number of ether oxygens (including phenoxy) is 1. The number of halogens is 1. The largest absolute Gasteiger partial charge is 0.494 e. The van der Waals surface area contributed by atoms with Gasteiger partial charge in [0.15, 0.2) is 0 Å². The lowest BCUT2D eigenvalue weighted by Crippen LogP contribution is -2.46. The molecule has 1 aliphatic heterocycles. The van der Waals surface area contributed by atoms with Crippen LogP contribution in [0.25, 0.3) is 0 Å². The number of carbonyl (C=O) groups excluding carboxylic acids is 1. The fourth-order valence-electron chi connectivity index (χ4n) is 3.74. The van der Waals surface area contributed by atoms with E-state index in [4.69, 9.17) is 4.74 Å². The topological polar surface area (TPSA) is 56.8 Å². The van der Waals surface area contributed by atoms with Crippen LogP contribution in [0.5, 0.6) is 5.75 Å². The van der Waals surface area contributed by atoms with Gasteiger partial charge in [0.25, 0.3) is 0 Å². The van der Waals surface area contributed by atoms with Crippen molar-refractivity contribution < 1.29 is 13.9 Å². The molecule has 162 valence electrons. The number of anilines is 2. The maximum atomic E-state index is 14.0. The molecule has 2 aromatic carbocycles. The Morgan fingerprint density at radius 2 is 1.90 bits per heavy atom. The summed E-state index contributed by atoms with van der Waals surface area (Å²) in [6.45, 7) is 11.3. The molecule has 0 aromatic heterocycles. The first-order valence-electron chi connectivity index (χ1n) is 10.6. The molecule has 1 aliphatic rings. The van der Waals surface area contributed by atoms with E-state index in [2.05, 4.69) is 27.4 Å². The molecule has 1 unspecified atom stereocenters. The molecule has 30 heavy (non-hydrogen) atoms. The van der Waals surface area contributed by atoms with Gasteiger partial charge < -0.3 is 25.2 Å². The lowest BCUT2D eigenvalue weighted by molar-refractivity contribution is 0.249. The summed E-state index contributed by atoms with van der Waals surface area (Å²) in [4.78, 5) is 17.2. The number of amides is 2. The van der Waals surface area contributed by atoms with E-state index >= 15 is 0 Å². The van der Waals surface area contributed by atoms with Crippen LogP contribution < -0.4 is 20.3 Å². The van der Waals surface area contributed by atoms with Gasteiger partial charge in [-0.05, 0) is 50.7 Å². The fraction of sp³-hybridized carbons (Fsp3) is 0.435. The van der Waals surface area contributed by atoms with E-state index in [0.29, 0.717) is 18.0 Å². The summed E-state index contributed by atoms with van der Waals surface area (Å²) in [7, 11) is 0. The molecule has 2 N–H and O–H groups in total. The quantitative estimate of drug-likeness (QED) is 0.711. The molecule has 6 nitrogen and oxygen atoms in total. The van der Waals surface area contributed by atoms with Crippen molar-refractivity contribution in [2.24, 2.45) is 0 Å². The molecular weight excluding hydrogens is 383 g/mol. The molecule has 7 heteroatoms. The van der Waals surface area contributed by atoms with Crippen molar-refractivity contribution in [3.05, 3.63) is 53.8 Å². The highest BCUT2D eigenvalue weighted by molar-refractivity contribution is 5.89. The van der Waals surface area contributed by atoms with Crippen LogP contribution in [0.3, 0.4) is 0 Å². The van der Waals surface area contributed by atoms with Crippen molar-refractivity contribution in [3.63, 3.8) is 0 Å². The summed E-state index contributed by atoms with van der Waals surface area (Å²) in [6, 6.07) is 11.4. The van der Waals surface area contributed by atoms with Crippen LogP contribution in [0, 0.1) is 5.82 Å². The van der Waals surface area contributed by atoms with Gasteiger partial charge in [-0.1, -0.05) is 13.0 Å². The summed E-state index contributed by atoms with van der Waals surface area (Å²) in [5, 5.41) is 5.75. The monoisotopic (exact) mass is 414 g/mol. The van der Waals surface area contributed by atoms with Crippen molar-refractivity contribution in [2.75, 3.05) is 49.5 Å². The van der Waals surface area contributed by atoms with E-state index in [1.165, 1.54) is 12.1 Å². The minimum absolute atomic E-state index is 0.306.